The number of unbranched alkanes of at least 4 members (excludes halogenated alkanes) is 1. The average molecular weight is 559 g/mol. The third-order valence-corrected chi connectivity index (χ3v) is 9.59. The van der Waals surface area contributed by atoms with Gasteiger partial charge in [-0.1, -0.05) is 77.6 Å². The van der Waals surface area contributed by atoms with Crippen LogP contribution in [0.4, 0.5) is 0 Å². The molecule has 5 nitrogen and oxygen atoms in total. The number of carboxylic acids is 1. The van der Waals surface area contributed by atoms with Crippen LogP contribution in [0.15, 0.2) is 42.6 Å². The van der Waals surface area contributed by atoms with Gasteiger partial charge in [0.15, 0.2) is 5.78 Å². The van der Waals surface area contributed by atoms with E-state index < -0.39 is 5.97 Å². The fraction of sp³-hybridized carbons (Fsp3) is 0.556. The van der Waals surface area contributed by atoms with Crippen LogP contribution < -0.4 is 0 Å². The van der Waals surface area contributed by atoms with Crippen LogP contribution in [-0.2, 0) is 6.54 Å². The number of aryl methyl sites for hydroxylation is 2. The van der Waals surface area contributed by atoms with Gasteiger partial charge < -0.3 is 14.6 Å². The van der Waals surface area contributed by atoms with E-state index in [-0.39, 0.29) is 11.7 Å². The Morgan fingerprint density at radius 2 is 1.76 bits per heavy atom. The summed E-state index contributed by atoms with van der Waals surface area (Å²) in [5, 5.41) is 10.7. The molecule has 0 radical (unpaired) electrons. The number of aromatic carboxylic acids is 1. The Bertz CT molecular complexity index is 1330. The molecule has 1 N–H and O–H groups in total. The second-order valence-corrected chi connectivity index (χ2v) is 12.1. The quantitative estimate of drug-likeness (QED) is 0.201. The number of rotatable bonds is 14. The number of carbonyl (C=O) groups excluding carboxylic acids is 1. The van der Waals surface area contributed by atoms with Gasteiger partial charge >= 0.3 is 5.97 Å². The van der Waals surface area contributed by atoms with Gasteiger partial charge in [0.2, 0.25) is 0 Å². The highest BCUT2D eigenvalue weighted by Gasteiger charge is 2.33. The van der Waals surface area contributed by atoms with Crippen molar-refractivity contribution in [2.24, 2.45) is 5.92 Å². The van der Waals surface area contributed by atoms with Gasteiger partial charge in [-0.3, -0.25) is 4.79 Å². The Balaban J connectivity index is 1.80. The van der Waals surface area contributed by atoms with E-state index in [9.17, 15) is 14.7 Å². The number of Topliss-reactive ketones (excluding diaryl/α,β-unsaturated/α-hetero) is 1. The number of carboxylic acid groups (broad SMARTS) is 1. The highest BCUT2D eigenvalue weighted by atomic mass is 16.4. The maximum absolute atomic E-state index is 13.6. The first kappa shape index (κ1) is 31.0. The van der Waals surface area contributed by atoms with E-state index in [0.29, 0.717) is 23.8 Å². The molecule has 0 bridgehead atoms. The molecule has 1 saturated carbocycles. The SMILES string of the molecule is CCCCn1cc(C(=O)CCN(CC)CC)c2cccc(C(C)C(c3ccc(C(=O)O)cc3C)C3CCCCC3)c21. The van der Waals surface area contributed by atoms with E-state index in [0.717, 1.165) is 55.5 Å². The normalized spacial score (nSPS) is 15.9. The maximum Gasteiger partial charge on any atom is 0.335 e. The number of benzene rings is 2. The summed E-state index contributed by atoms with van der Waals surface area (Å²) in [6, 6.07) is 12.3. The summed E-state index contributed by atoms with van der Waals surface area (Å²) in [7, 11) is 0. The number of carbonyl (C=O) groups is 2. The molecule has 1 aliphatic rings. The summed E-state index contributed by atoms with van der Waals surface area (Å²) in [5.41, 5.74) is 6.05. The Hall–Kier alpha value is -2.92. The first-order valence-corrected chi connectivity index (χ1v) is 16.0. The van der Waals surface area contributed by atoms with Gasteiger partial charge in [0.1, 0.15) is 0 Å². The Morgan fingerprint density at radius 1 is 1.02 bits per heavy atom. The predicted molar refractivity (Wildman–Crippen MR) is 169 cm³/mol. The summed E-state index contributed by atoms with van der Waals surface area (Å²) in [5.74, 6) is 0.423. The van der Waals surface area contributed by atoms with Crippen molar-refractivity contribution in [2.75, 3.05) is 19.6 Å². The molecule has 41 heavy (non-hydrogen) atoms. The minimum atomic E-state index is -0.876. The molecule has 1 aliphatic carbocycles. The van der Waals surface area contributed by atoms with E-state index in [2.05, 4.69) is 74.5 Å². The summed E-state index contributed by atoms with van der Waals surface area (Å²) < 4.78 is 2.35. The number of aromatic nitrogens is 1. The number of hydrogen-bond acceptors (Lipinski definition) is 3. The summed E-state index contributed by atoms with van der Waals surface area (Å²) >= 11 is 0. The fourth-order valence-electron chi connectivity index (χ4n) is 7.22. The molecular weight excluding hydrogens is 508 g/mol. The first-order chi connectivity index (χ1) is 19.8. The van der Waals surface area contributed by atoms with Crippen molar-refractivity contribution in [2.45, 2.75) is 104 Å². The highest BCUT2D eigenvalue weighted by Crippen LogP contribution is 2.47. The first-order valence-electron chi connectivity index (χ1n) is 16.0. The molecule has 0 amide bonds. The van der Waals surface area contributed by atoms with Gasteiger partial charge in [-0.15, -0.1) is 0 Å². The molecule has 2 aromatic carbocycles. The molecule has 2 unspecified atom stereocenters. The number of para-hydroxylation sites is 1. The third kappa shape index (κ3) is 6.94. The number of nitrogens with zero attached hydrogens (tertiary/aromatic N) is 2. The van der Waals surface area contributed by atoms with Crippen molar-refractivity contribution in [1.82, 2.24) is 9.47 Å². The minimum absolute atomic E-state index is 0.227. The van der Waals surface area contributed by atoms with Crippen molar-refractivity contribution < 1.29 is 14.7 Å². The van der Waals surface area contributed by atoms with Gasteiger partial charge in [-0.25, -0.2) is 4.79 Å². The van der Waals surface area contributed by atoms with Crippen LogP contribution in [0.1, 0.15) is 128 Å². The molecule has 222 valence electrons. The van der Waals surface area contributed by atoms with Gasteiger partial charge in [-0.2, -0.15) is 0 Å². The lowest BCUT2D eigenvalue weighted by atomic mass is 9.68. The maximum atomic E-state index is 13.6. The standard InChI is InChI=1S/C36H50N2O3/c1-6-9-21-38-24-32(33(39)20-22-37(7-2)8-3)31-17-13-16-30(35(31)38)26(5)34(27-14-11-10-12-15-27)29-19-18-28(36(40)41)23-25(29)4/h13,16-19,23-24,26-27,34H,6-12,14-15,20-22H2,1-5H3,(H,40,41). The van der Waals surface area contributed by atoms with E-state index in [1.807, 2.05) is 6.07 Å². The van der Waals surface area contributed by atoms with Crippen molar-refractivity contribution in [3.8, 4) is 0 Å². The number of fused-ring (bicyclic) bond motifs is 1. The van der Waals surface area contributed by atoms with Crippen LogP contribution in [0.5, 0.6) is 0 Å². The van der Waals surface area contributed by atoms with Crippen molar-refractivity contribution >= 4 is 22.7 Å². The topological polar surface area (TPSA) is 62.5 Å². The highest BCUT2D eigenvalue weighted by molar-refractivity contribution is 6.09. The second kappa shape index (κ2) is 14.3. The number of ketones is 1. The molecule has 1 heterocycles. The minimum Gasteiger partial charge on any atom is -0.478 e. The van der Waals surface area contributed by atoms with Crippen molar-refractivity contribution in [3.63, 3.8) is 0 Å². The Kier molecular flexibility index (Phi) is 10.8. The van der Waals surface area contributed by atoms with Crippen LogP contribution in [0.3, 0.4) is 0 Å². The van der Waals surface area contributed by atoms with E-state index >= 15 is 0 Å². The molecular formula is C36H50N2O3. The zero-order valence-electron chi connectivity index (χ0n) is 25.9. The molecule has 0 saturated heterocycles. The average Bonchev–Trinajstić information content (AvgIpc) is 3.36. The zero-order chi connectivity index (χ0) is 29.5. The molecule has 3 aromatic rings. The van der Waals surface area contributed by atoms with Crippen molar-refractivity contribution in [1.29, 1.82) is 0 Å². The van der Waals surface area contributed by atoms with Crippen LogP contribution in [0.2, 0.25) is 0 Å². The van der Waals surface area contributed by atoms with Crippen LogP contribution in [0.25, 0.3) is 10.9 Å². The summed E-state index contributed by atoms with van der Waals surface area (Å²) in [6.07, 6.45) is 11.0. The molecule has 1 aromatic heterocycles. The molecule has 0 aliphatic heterocycles. The molecule has 0 spiro atoms. The van der Waals surface area contributed by atoms with Gasteiger partial charge in [0.25, 0.3) is 0 Å². The molecule has 5 heteroatoms. The monoisotopic (exact) mass is 558 g/mol. The zero-order valence-corrected chi connectivity index (χ0v) is 25.9. The lowest BCUT2D eigenvalue weighted by Gasteiger charge is -2.36. The predicted octanol–water partition coefficient (Wildman–Crippen LogP) is 8.83. The lowest BCUT2D eigenvalue weighted by Crippen LogP contribution is -2.25. The largest absolute Gasteiger partial charge is 0.478 e. The number of hydrogen-bond donors (Lipinski definition) is 1. The van der Waals surface area contributed by atoms with E-state index in [4.69, 9.17) is 0 Å². The van der Waals surface area contributed by atoms with E-state index in [1.165, 1.54) is 48.7 Å². The van der Waals surface area contributed by atoms with Gasteiger partial charge in [-0.05, 0) is 85.9 Å². The van der Waals surface area contributed by atoms with Crippen LogP contribution >= 0.6 is 0 Å². The second-order valence-electron chi connectivity index (χ2n) is 12.1. The summed E-state index contributed by atoms with van der Waals surface area (Å²) in [4.78, 5) is 27.6. The molecule has 4 rings (SSSR count). The van der Waals surface area contributed by atoms with E-state index in [1.54, 1.807) is 6.07 Å². The third-order valence-electron chi connectivity index (χ3n) is 9.59. The van der Waals surface area contributed by atoms with Crippen LogP contribution in [-0.4, -0.2) is 46.0 Å². The smallest absolute Gasteiger partial charge is 0.335 e. The Labute approximate surface area is 246 Å². The van der Waals surface area contributed by atoms with Crippen LogP contribution in [0, 0.1) is 12.8 Å². The van der Waals surface area contributed by atoms with Crippen molar-refractivity contribution in [3.05, 3.63) is 70.4 Å². The lowest BCUT2D eigenvalue weighted by molar-refractivity contribution is 0.0696. The summed E-state index contributed by atoms with van der Waals surface area (Å²) in [6.45, 7) is 14.6. The fourth-order valence-corrected chi connectivity index (χ4v) is 7.22. The molecule has 1 fully saturated rings. The van der Waals surface area contributed by atoms with Gasteiger partial charge in [0, 0.05) is 36.7 Å². The van der Waals surface area contributed by atoms with Gasteiger partial charge in [0.05, 0.1) is 11.1 Å². The Morgan fingerprint density at radius 3 is 2.39 bits per heavy atom. The molecule has 2 atom stereocenters.